The number of hydrogen-bond donors (Lipinski definition) is 0. The van der Waals surface area contributed by atoms with Crippen molar-refractivity contribution in [3.8, 4) is 11.5 Å². The molecule has 1 aliphatic rings. The molecule has 0 heterocycles. The number of ether oxygens (including phenoxy) is 2. The third-order valence-corrected chi connectivity index (χ3v) is 5.10. The lowest BCUT2D eigenvalue weighted by molar-refractivity contribution is 0.102. The molecule has 2 nitrogen and oxygen atoms in total. The van der Waals surface area contributed by atoms with E-state index in [9.17, 15) is 0 Å². The highest BCUT2D eigenvalue weighted by Gasteiger charge is 2.55. The monoisotopic (exact) mass is 336 g/mol. The summed E-state index contributed by atoms with van der Waals surface area (Å²) in [6.07, 6.45) is 2.39. The highest BCUT2D eigenvalue weighted by Crippen LogP contribution is 2.59. The first-order valence-electron chi connectivity index (χ1n) is 9.01. The zero-order chi connectivity index (χ0) is 17.9. The Morgan fingerprint density at radius 2 is 1.72 bits per heavy atom. The van der Waals surface area contributed by atoms with Gasteiger partial charge in [-0.05, 0) is 60.9 Å². The van der Waals surface area contributed by atoms with Crippen LogP contribution in [0.5, 0.6) is 11.5 Å². The van der Waals surface area contributed by atoms with Crippen molar-refractivity contribution < 1.29 is 9.47 Å². The van der Waals surface area contributed by atoms with Gasteiger partial charge in [0.15, 0.2) is 0 Å². The lowest BCUT2D eigenvalue weighted by Crippen LogP contribution is -2.01. The zero-order valence-corrected chi connectivity index (χ0v) is 15.7. The van der Waals surface area contributed by atoms with Crippen LogP contribution < -0.4 is 4.74 Å². The molecule has 0 aliphatic heterocycles. The van der Waals surface area contributed by atoms with Crippen LogP contribution in [0.3, 0.4) is 0 Å². The molecule has 1 fully saturated rings. The van der Waals surface area contributed by atoms with Crippen molar-refractivity contribution >= 4 is 0 Å². The van der Waals surface area contributed by atoms with E-state index in [1.807, 2.05) is 42.5 Å². The molecule has 0 N–H and O–H groups in total. The minimum Gasteiger partial charge on any atom is -0.457 e. The molecule has 3 rings (SSSR count). The van der Waals surface area contributed by atoms with E-state index < -0.39 is 0 Å². The van der Waals surface area contributed by atoms with Crippen molar-refractivity contribution in [2.75, 3.05) is 6.61 Å². The van der Waals surface area contributed by atoms with Gasteiger partial charge in [0.1, 0.15) is 11.5 Å². The highest BCUT2D eigenvalue weighted by atomic mass is 16.5. The zero-order valence-electron chi connectivity index (χ0n) is 15.7. The van der Waals surface area contributed by atoms with E-state index >= 15 is 0 Å². The molecule has 132 valence electrons. The number of para-hydroxylation sites is 1. The molecular formula is C23H28O2. The molecule has 0 bridgehead atoms. The van der Waals surface area contributed by atoms with Gasteiger partial charge in [-0.25, -0.2) is 0 Å². The maximum Gasteiger partial charge on any atom is 0.127 e. The van der Waals surface area contributed by atoms with E-state index in [-0.39, 0.29) is 0 Å². The summed E-state index contributed by atoms with van der Waals surface area (Å²) in [5.41, 5.74) is 2.90. The number of rotatable bonds is 7. The first-order valence-corrected chi connectivity index (χ1v) is 9.01. The lowest BCUT2D eigenvalue weighted by Gasteiger charge is -2.09. The third kappa shape index (κ3) is 4.52. The largest absolute Gasteiger partial charge is 0.457 e. The van der Waals surface area contributed by atoms with Crippen molar-refractivity contribution in [3.63, 3.8) is 0 Å². The Kier molecular flexibility index (Phi) is 5.29. The van der Waals surface area contributed by atoms with Crippen LogP contribution in [0.4, 0.5) is 0 Å². The van der Waals surface area contributed by atoms with E-state index in [2.05, 4.69) is 45.9 Å². The second kappa shape index (κ2) is 7.45. The summed E-state index contributed by atoms with van der Waals surface area (Å²) >= 11 is 0. The topological polar surface area (TPSA) is 18.5 Å². The molecule has 0 amide bonds. The predicted molar refractivity (Wildman–Crippen MR) is 103 cm³/mol. The summed E-state index contributed by atoms with van der Waals surface area (Å²) in [4.78, 5) is 0. The van der Waals surface area contributed by atoms with Crippen LogP contribution in [0.15, 0.2) is 66.2 Å². The summed E-state index contributed by atoms with van der Waals surface area (Å²) in [7, 11) is 0. The number of allylic oxidation sites excluding steroid dienone is 2. The molecular weight excluding hydrogens is 308 g/mol. The van der Waals surface area contributed by atoms with Gasteiger partial charge in [-0.3, -0.25) is 0 Å². The molecule has 2 aromatic carbocycles. The van der Waals surface area contributed by atoms with Crippen LogP contribution in [-0.2, 0) is 11.3 Å². The van der Waals surface area contributed by atoms with Crippen LogP contribution >= 0.6 is 0 Å². The Hall–Kier alpha value is -2.06. The Balaban J connectivity index is 1.53. The van der Waals surface area contributed by atoms with E-state index in [1.165, 1.54) is 5.57 Å². The molecule has 0 saturated heterocycles. The quantitative estimate of drug-likeness (QED) is 0.558. The van der Waals surface area contributed by atoms with E-state index in [0.29, 0.717) is 23.9 Å². The fourth-order valence-corrected chi connectivity index (χ4v) is 3.42. The van der Waals surface area contributed by atoms with Crippen LogP contribution in [0, 0.1) is 17.3 Å². The van der Waals surface area contributed by atoms with Crippen LogP contribution in [0.1, 0.15) is 33.3 Å². The van der Waals surface area contributed by atoms with Crippen LogP contribution in [0.25, 0.3) is 0 Å². The van der Waals surface area contributed by atoms with Crippen molar-refractivity contribution in [3.05, 3.63) is 71.8 Å². The summed E-state index contributed by atoms with van der Waals surface area (Å²) < 4.78 is 11.9. The fourth-order valence-electron chi connectivity index (χ4n) is 3.42. The van der Waals surface area contributed by atoms with Crippen molar-refractivity contribution in [2.24, 2.45) is 17.3 Å². The lowest BCUT2D eigenvalue weighted by atomic mass is 10.1. The number of benzene rings is 2. The van der Waals surface area contributed by atoms with Gasteiger partial charge >= 0.3 is 0 Å². The standard InChI is InChI=1S/C23H28O2/c1-17(2)13-21-22(23(21,3)4)16-24-15-18-9-8-12-20(14-18)25-19-10-6-5-7-11-19/h5-14,21-22H,15-16H2,1-4H3. The van der Waals surface area contributed by atoms with Gasteiger partial charge in [0.2, 0.25) is 0 Å². The summed E-state index contributed by atoms with van der Waals surface area (Å²) in [5, 5.41) is 0. The normalized spacial score (nSPS) is 20.8. The molecule has 1 saturated carbocycles. The van der Waals surface area contributed by atoms with E-state index in [4.69, 9.17) is 9.47 Å². The van der Waals surface area contributed by atoms with Gasteiger partial charge in [0.25, 0.3) is 0 Å². The smallest absolute Gasteiger partial charge is 0.127 e. The van der Waals surface area contributed by atoms with Gasteiger partial charge in [0.05, 0.1) is 13.2 Å². The molecule has 1 aliphatic carbocycles. The molecule has 2 unspecified atom stereocenters. The maximum atomic E-state index is 6.01. The molecule has 2 aromatic rings. The van der Waals surface area contributed by atoms with Gasteiger partial charge in [0, 0.05) is 0 Å². The van der Waals surface area contributed by atoms with E-state index in [1.54, 1.807) is 0 Å². The maximum absolute atomic E-state index is 6.01. The average Bonchev–Trinajstić information content (AvgIpc) is 3.08. The fraction of sp³-hybridized carbons (Fsp3) is 0.391. The van der Waals surface area contributed by atoms with Crippen molar-refractivity contribution in [2.45, 2.75) is 34.3 Å². The minimum atomic E-state index is 0.357. The Morgan fingerprint density at radius 3 is 2.44 bits per heavy atom. The summed E-state index contributed by atoms with van der Waals surface area (Å²) in [5.74, 6) is 2.96. The Labute approximate surface area is 151 Å². The van der Waals surface area contributed by atoms with Gasteiger partial charge in [-0.1, -0.05) is 55.8 Å². The second-order valence-electron chi connectivity index (χ2n) is 7.78. The first-order chi connectivity index (χ1) is 12.0. The number of hydrogen-bond acceptors (Lipinski definition) is 2. The molecule has 0 aromatic heterocycles. The van der Waals surface area contributed by atoms with Crippen molar-refractivity contribution in [1.82, 2.24) is 0 Å². The average molecular weight is 336 g/mol. The van der Waals surface area contributed by atoms with Gasteiger partial charge < -0.3 is 9.47 Å². The minimum absolute atomic E-state index is 0.357. The van der Waals surface area contributed by atoms with Gasteiger partial charge in [-0.2, -0.15) is 0 Å². The highest BCUT2D eigenvalue weighted by molar-refractivity contribution is 5.33. The summed E-state index contributed by atoms with van der Waals surface area (Å²) in [6.45, 7) is 10.4. The Morgan fingerprint density at radius 1 is 1.00 bits per heavy atom. The van der Waals surface area contributed by atoms with Crippen LogP contribution in [0.2, 0.25) is 0 Å². The molecule has 0 spiro atoms. The van der Waals surface area contributed by atoms with Crippen LogP contribution in [-0.4, -0.2) is 6.61 Å². The SMILES string of the molecule is CC(C)=CC1C(COCc2cccc(Oc3ccccc3)c2)C1(C)C. The van der Waals surface area contributed by atoms with E-state index in [0.717, 1.165) is 23.7 Å². The van der Waals surface area contributed by atoms with Gasteiger partial charge in [-0.15, -0.1) is 0 Å². The molecule has 2 heteroatoms. The summed E-state index contributed by atoms with van der Waals surface area (Å²) in [6, 6.07) is 18.0. The molecule has 25 heavy (non-hydrogen) atoms. The third-order valence-electron chi connectivity index (χ3n) is 5.10. The predicted octanol–water partition coefficient (Wildman–Crippen LogP) is 6.23. The first kappa shape index (κ1) is 17.8. The molecule has 0 radical (unpaired) electrons. The van der Waals surface area contributed by atoms with Crippen molar-refractivity contribution in [1.29, 1.82) is 0 Å². The Bertz CT molecular complexity index is 727. The molecule has 2 atom stereocenters. The second-order valence-corrected chi connectivity index (χ2v) is 7.78.